The van der Waals surface area contributed by atoms with E-state index >= 15 is 0 Å². The van der Waals surface area contributed by atoms with Gasteiger partial charge in [0.05, 0.1) is 22.6 Å². The van der Waals surface area contributed by atoms with Gasteiger partial charge in [-0.15, -0.1) is 11.3 Å². The summed E-state index contributed by atoms with van der Waals surface area (Å²) in [6.07, 6.45) is 0. The number of nitrogens with zero attached hydrogens (tertiary/aromatic N) is 3. The van der Waals surface area contributed by atoms with Crippen LogP contribution < -0.4 is 0 Å². The van der Waals surface area contributed by atoms with E-state index in [1.54, 1.807) is 0 Å². The normalized spacial score (nSPS) is 11.5. The Hall–Kier alpha value is -7.27. The second-order valence-electron chi connectivity index (χ2n) is 14.4. The number of aromatic nitrogens is 3. The Morgan fingerprint density at radius 2 is 0.860 bits per heavy atom. The zero-order chi connectivity index (χ0) is 37.7. The standard InChI is InChI=1S/C53H33N3S/c1-4-13-35(14-5-1)47-33-48(56-53(55-47)38-17-8-3-9-18-38)36-25-23-34(24-26-36)39-19-12-20-40(31-39)41-27-30-49-45(32-41)42-28-29-44-50(52(42)57-49)43-21-10-11-22-46(43)54-51(44)37-15-6-2-7-16-37/h1-33H. The van der Waals surface area contributed by atoms with Crippen LogP contribution in [-0.2, 0) is 0 Å². The van der Waals surface area contributed by atoms with Crippen LogP contribution in [-0.4, -0.2) is 15.0 Å². The minimum Gasteiger partial charge on any atom is -0.247 e. The molecule has 11 aromatic rings. The van der Waals surface area contributed by atoms with Gasteiger partial charge in [-0.3, -0.25) is 0 Å². The van der Waals surface area contributed by atoms with E-state index in [0.29, 0.717) is 0 Å². The van der Waals surface area contributed by atoms with Crippen molar-refractivity contribution in [2.45, 2.75) is 0 Å². The molecule has 0 aliphatic rings. The molecule has 0 saturated carbocycles. The van der Waals surface area contributed by atoms with Gasteiger partial charge in [-0.05, 0) is 52.6 Å². The van der Waals surface area contributed by atoms with Crippen LogP contribution in [0.5, 0.6) is 0 Å². The van der Waals surface area contributed by atoms with Gasteiger partial charge in [0.1, 0.15) is 0 Å². The molecule has 0 atom stereocenters. The third-order valence-electron chi connectivity index (χ3n) is 10.9. The number of hydrogen-bond acceptors (Lipinski definition) is 4. The summed E-state index contributed by atoms with van der Waals surface area (Å²) in [7, 11) is 0. The largest absolute Gasteiger partial charge is 0.247 e. The summed E-state index contributed by atoms with van der Waals surface area (Å²) in [6, 6.07) is 70.8. The zero-order valence-electron chi connectivity index (χ0n) is 30.8. The lowest BCUT2D eigenvalue weighted by Crippen LogP contribution is -1.95. The van der Waals surface area contributed by atoms with Gasteiger partial charge >= 0.3 is 0 Å². The van der Waals surface area contributed by atoms with E-state index in [2.05, 4.69) is 164 Å². The Morgan fingerprint density at radius 3 is 1.60 bits per heavy atom. The molecule has 0 aliphatic carbocycles. The van der Waals surface area contributed by atoms with Crippen molar-refractivity contribution in [1.29, 1.82) is 0 Å². The zero-order valence-corrected chi connectivity index (χ0v) is 31.6. The number of fused-ring (bicyclic) bond motifs is 7. The highest BCUT2D eigenvalue weighted by Gasteiger charge is 2.17. The highest BCUT2D eigenvalue weighted by atomic mass is 32.1. The van der Waals surface area contributed by atoms with E-state index < -0.39 is 0 Å². The van der Waals surface area contributed by atoms with Crippen LogP contribution in [0, 0.1) is 0 Å². The molecule has 11 rings (SSSR count). The Balaban J connectivity index is 0.966. The van der Waals surface area contributed by atoms with E-state index in [9.17, 15) is 0 Å². The third kappa shape index (κ3) is 5.95. The average molecular weight is 744 g/mol. The van der Waals surface area contributed by atoms with Crippen LogP contribution in [0.4, 0.5) is 0 Å². The van der Waals surface area contributed by atoms with Crippen molar-refractivity contribution in [2.75, 3.05) is 0 Å². The van der Waals surface area contributed by atoms with E-state index in [-0.39, 0.29) is 0 Å². The summed E-state index contributed by atoms with van der Waals surface area (Å²) in [5.74, 6) is 0.717. The highest BCUT2D eigenvalue weighted by molar-refractivity contribution is 7.26. The molecule has 0 aliphatic heterocycles. The lowest BCUT2D eigenvalue weighted by molar-refractivity contribution is 1.18. The molecule has 3 aromatic heterocycles. The lowest BCUT2D eigenvalue weighted by Gasteiger charge is -2.11. The number of rotatable bonds is 6. The molecule has 0 amide bonds. The van der Waals surface area contributed by atoms with Crippen molar-refractivity contribution in [2.24, 2.45) is 0 Å². The molecular weight excluding hydrogens is 711 g/mol. The van der Waals surface area contributed by atoms with Gasteiger partial charge in [0.2, 0.25) is 0 Å². The molecule has 8 aromatic carbocycles. The van der Waals surface area contributed by atoms with Gasteiger partial charge in [0.15, 0.2) is 5.82 Å². The number of pyridine rings is 1. The van der Waals surface area contributed by atoms with Crippen LogP contribution in [0.15, 0.2) is 200 Å². The fraction of sp³-hybridized carbons (Fsp3) is 0. The first kappa shape index (κ1) is 33.1. The number of thiophene rings is 1. The summed E-state index contributed by atoms with van der Waals surface area (Å²) in [4.78, 5) is 15.2. The molecule has 0 bridgehead atoms. The van der Waals surface area contributed by atoms with Gasteiger partial charge in [-0.1, -0.05) is 170 Å². The maximum atomic E-state index is 5.17. The van der Waals surface area contributed by atoms with E-state index in [4.69, 9.17) is 15.0 Å². The van der Waals surface area contributed by atoms with Gasteiger partial charge in [-0.25, -0.2) is 15.0 Å². The van der Waals surface area contributed by atoms with Crippen molar-refractivity contribution >= 4 is 53.2 Å². The van der Waals surface area contributed by atoms with Crippen molar-refractivity contribution in [3.8, 4) is 67.4 Å². The molecule has 0 saturated heterocycles. The molecule has 4 heteroatoms. The summed E-state index contributed by atoms with van der Waals surface area (Å²) < 4.78 is 2.59. The molecule has 0 spiro atoms. The Labute approximate surface area is 334 Å². The van der Waals surface area contributed by atoms with Gasteiger partial charge in [0.25, 0.3) is 0 Å². The van der Waals surface area contributed by atoms with Crippen LogP contribution in [0.3, 0.4) is 0 Å². The predicted octanol–water partition coefficient (Wildman–Crippen LogP) is 14.5. The number of benzene rings is 8. The summed E-state index contributed by atoms with van der Waals surface area (Å²) in [5.41, 5.74) is 12.8. The Morgan fingerprint density at radius 1 is 0.316 bits per heavy atom. The lowest BCUT2D eigenvalue weighted by atomic mass is 9.96. The quantitative estimate of drug-likeness (QED) is 0.159. The smallest absolute Gasteiger partial charge is 0.160 e. The van der Waals surface area contributed by atoms with Crippen LogP contribution in [0.25, 0.3) is 109 Å². The Bertz CT molecular complexity index is 3210. The second kappa shape index (κ2) is 13.8. The molecule has 3 nitrogen and oxygen atoms in total. The van der Waals surface area contributed by atoms with Gasteiger partial charge < -0.3 is 0 Å². The molecular formula is C53H33N3S. The molecule has 0 N–H and O–H groups in total. The number of para-hydroxylation sites is 1. The Kier molecular flexibility index (Phi) is 8.01. The first-order valence-corrected chi connectivity index (χ1v) is 20.0. The second-order valence-corrected chi connectivity index (χ2v) is 15.4. The topological polar surface area (TPSA) is 38.7 Å². The van der Waals surface area contributed by atoms with Gasteiger partial charge in [0, 0.05) is 58.6 Å². The van der Waals surface area contributed by atoms with Crippen LogP contribution in [0.2, 0.25) is 0 Å². The van der Waals surface area contributed by atoms with Crippen LogP contribution >= 0.6 is 11.3 Å². The maximum Gasteiger partial charge on any atom is 0.160 e. The summed E-state index contributed by atoms with van der Waals surface area (Å²) >= 11 is 1.88. The monoisotopic (exact) mass is 743 g/mol. The van der Waals surface area contributed by atoms with E-state index in [0.717, 1.165) is 56.2 Å². The molecule has 57 heavy (non-hydrogen) atoms. The summed E-state index contributed by atoms with van der Waals surface area (Å²) in [5, 5.41) is 6.21. The van der Waals surface area contributed by atoms with Crippen molar-refractivity contribution in [1.82, 2.24) is 15.0 Å². The fourth-order valence-electron chi connectivity index (χ4n) is 8.04. The maximum absolute atomic E-state index is 5.17. The van der Waals surface area contributed by atoms with Crippen LogP contribution in [0.1, 0.15) is 0 Å². The van der Waals surface area contributed by atoms with Gasteiger partial charge in [-0.2, -0.15) is 0 Å². The van der Waals surface area contributed by atoms with Crippen molar-refractivity contribution < 1.29 is 0 Å². The predicted molar refractivity (Wildman–Crippen MR) is 240 cm³/mol. The highest BCUT2D eigenvalue weighted by Crippen LogP contribution is 2.44. The third-order valence-corrected chi connectivity index (χ3v) is 12.1. The number of hydrogen-bond donors (Lipinski definition) is 0. The molecule has 3 heterocycles. The fourth-order valence-corrected chi connectivity index (χ4v) is 9.29. The average Bonchev–Trinajstić information content (AvgIpc) is 3.68. The minimum absolute atomic E-state index is 0.717. The first-order valence-electron chi connectivity index (χ1n) is 19.2. The van der Waals surface area contributed by atoms with E-state index in [1.165, 1.54) is 53.0 Å². The summed E-state index contributed by atoms with van der Waals surface area (Å²) in [6.45, 7) is 0. The SMILES string of the molecule is c1ccc(-c2cc(-c3ccc(-c4cccc(-c5ccc6sc7c(ccc8c(-c9ccccc9)nc9ccccc9c87)c6c5)c4)cc3)nc(-c3ccccc3)n2)cc1. The molecule has 0 radical (unpaired) electrons. The van der Waals surface area contributed by atoms with E-state index in [1.807, 2.05) is 47.7 Å². The first-order chi connectivity index (χ1) is 28.2. The molecule has 0 unspecified atom stereocenters. The van der Waals surface area contributed by atoms with Crippen molar-refractivity contribution in [3.05, 3.63) is 200 Å². The minimum atomic E-state index is 0.717. The van der Waals surface area contributed by atoms with Crippen molar-refractivity contribution in [3.63, 3.8) is 0 Å². The molecule has 266 valence electrons. The molecule has 0 fully saturated rings.